The van der Waals surface area contributed by atoms with E-state index < -0.39 is 0 Å². The average Bonchev–Trinajstić information content (AvgIpc) is 2.74. The molecule has 5 heteroatoms. The van der Waals surface area contributed by atoms with Gasteiger partial charge in [0.15, 0.2) is 0 Å². The molecule has 0 radical (unpaired) electrons. The van der Waals surface area contributed by atoms with Gasteiger partial charge in [-0.15, -0.1) is 0 Å². The van der Waals surface area contributed by atoms with Crippen molar-refractivity contribution in [1.82, 2.24) is 10.6 Å². The first kappa shape index (κ1) is 16.1. The van der Waals surface area contributed by atoms with Crippen LogP contribution < -0.4 is 15.9 Å². The lowest BCUT2D eigenvalue weighted by Gasteiger charge is -2.35. The van der Waals surface area contributed by atoms with Gasteiger partial charge in [0.05, 0.1) is 0 Å². The molecule has 0 saturated carbocycles. The minimum absolute atomic E-state index is 0.0175. The van der Waals surface area contributed by atoms with Crippen LogP contribution in [-0.2, 0) is 0 Å². The van der Waals surface area contributed by atoms with E-state index in [9.17, 15) is 14.4 Å². The molecule has 5 nitrogen and oxygen atoms in total. The predicted octanol–water partition coefficient (Wildman–Crippen LogP) is 3.15. The minimum Gasteiger partial charge on any atom is -0.349 e. The maximum Gasteiger partial charge on any atom is 0.258 e. The van der Waals surface area contributed by atoms with Gasteiger partial charge in [0.25, 0.3) is 17.7 Å². The number of amides is 3. The van der Waals surface area contributed by atoms with Gasteiger partial charge in [-0.3, -0.25) is 19.7 Å². The van der Waals surface area contributed by atoms with Gasteiger partial charge in [-0.05, 0) is 69.3 Å². The highest BCUT2D eigenvalue weighted by Gasteiger charge is 2.35. The van der Waals surface area contributed by atoms with Crippen molar-refractivity contribution in [3.8, 4) is 0 Å². The largest absolute Gasteiger partial charge is 0.349 e. The summed E-state index contributed by atoms with van der Waals surface area (Å²) in [4.78, 5) is 37.7. The molecule has 0 saturated heterocycles. The molecule has 0 fully saturated rings. The van der Waals surface area contributed by atoms with Crippen LogP contribution in [0.1, 0.15) is 55.9 Å². The third kappa shape index (κ3) is 1.69. The van der Waals surface area contributed by atoms with Crippen LogP contribution in [0.5, 0.6) is 0 Å². The third-order valence-corrected chi connectivity index (χ3v) is 7.13. The van der Waals surface area contributed by atoms with Gasteiger partial charge in [-0.1, -0.05) is 24.3 Å². The van der Waals surface area contributed by atoms with Gasteiger partial charge >= 0.3 is 0 Å². The number of rotatable bonds is 0. The smallest absolute Gasteiger partial charge is 0.258 e. The zero-order valence-electron chi connectivity index (χ0n) is 16.1. The van der Waals surface area contributed by atoms with Gasteiger partial charge < -0.3 is 5.32 Å². The van der Waals surface area contributed by atoms with E-state index in [-0.39, 0.29) is 29.7 Å². The SMILES string of the molecule is CC1NC(=O)c2ccc3c4c2C1CC=c4c1ccc2c4c(ccc3c41)C(=O)NC2=O. The van der Waals surface area contributed by atoms with E-state index in [2.05, 4.69) is 23.6 Å². The van der Waals surface area contributed by atoms with Crippen LogP contribution in [0.25, 0.3) is 38.4 Å². The standard InChI is InChI=1S/C25H16N2O3/c1-10-11-2-3-12-14-5-8-17-22-18(25(30)27-24(17)29)9-6-15(21(14)22)13-4-7-16(23(28)26-10)19(11)20(12)13/h3-11H,2H2,1H3,(H,26,28)(H,27,29,30). The van der Waals surface area contributed by atoms with Crippen molar-refractivity contribution >= 4 is 56.1 Å². The van der Waals surface area contributed by atoms with E-state index in [1.165, 1.54) is 0 Å². The van der Waals surface area contributed by atoms with Gasteiger partial charge in [0, 0.05) is 34.0 Å². The highest BCUT2D eigenvalue weighted by Crippen LogP contribution is 2.43. The Hall–Kier alpha value is -3.73. The van der Waals surface area contributed by atoms with Crippen LogP contribution in [0.2, 0.25) is 0 Å². The molecule has 0 bridgehead atoms. The Labute approximate surface area is 170 Å². The second-order valence-electron chi connectivity index (χ2n) is 8.53. The number of nitrogens with one attached hydrogen (secondary N) is 2. The maximum atomic E-state index is 12.7. The second kappa shape index (κ2) is 5.05. The molecule has 1 aliphatic carbocycles. The fourth-order valence-corrected chi connectivity index (χ4v) is 5.83. The highest BCUT2D eigenvalue weighted by molar-refractivity contribution is 6.33. The van der Waals surface area contributed by atoms with E-state index >= 15 is 0 Å². The first-order valence-corrected chi connectivity index (χ1v) is 10.2. The first-order chi connectivity index (χ1) is 14.5. The fourth-order valence-electron chi connectivity index (χ4n) is 5.83. The van der Waals surface area contributed by atoms with E-state index in [0.29, 0.717) is 11.1 Å². The van der Waals surface area contributed by atoms with Crippen molar-refractivity contribution in [3.05, 3.63) is 63.9 Å². The number of carbonyl (C=O) groups is 3. The van der Waals surface area contributed by atoms with Crippen LogP contribution in [0.4, 0.5) is 0 Å². The zero-order chi connectivity index (χ0) is 20.3. The molecule has 30 heavy (non-hydrogen) atoms. The summed E-state index contributed by atoms with van der Waals surface area (Å²) in [5.41, 5.74) is 2.96. The number of imide groups is 1. The highest BCUT2D eigenvalue weighted by atomic mass is 16.2. The molecule has 2 aliphatic heterocycles. The molecule has 4 aromatic carbocycles. The number of benzene rings is 4. The molecule has 2 unspecified atom stereocenters. The van der Waals surface area contributed by atoms with Crippen molar-refractivity contribution in [3.63, 3.8) is 0 Å². The summed E-state index contributed by atoms with van der Waals surface area (Å²) >= 11 is 0. The van der Waals surface area contributed by atoms with Crippen molar-refractivity contribution in [2.45, 2.75) is 25.3 Å². The van der Waals surface area contributed by atoms with Crippen LogP contribution in [0.15, 0.2) is 36.4 Å². The molecule has 3 aliphatic rings. The summed E-state index contributed by atoms with van der Waals surface area (Å²) in [6.45, 7) is 2.07. The summed E-state index contributed by atoms with van der Waals surface area (Å²) in [7, 11) is 0. The molecule has 7 rings (SSSR count). The average molecular weight is 392 g/mol. The Morgan fingerprint density at radius 2 is 1.37 bits per heavy atom. The number of fused-ring (bicyclic) bond motifs is 2. The van der Waals surface area contributed by atoms with Crippen molar-refractivity contribution in [2.24, 2.45) is 0 Å². The molecule has 2 N–H and O–H groups in total. The lowest BCUT2D eigenvalue weighted by atomic mass is 9.75. The minimum atomic E-state index is -0.351. The Morgan fingerprint density at radius 3 is 2.10 bits per heavy atom. The van der Waals surface area contributed by atoms with Gasteiger partial charge in [0.2, 0.25) is 0 Å². The van der Waals surface area contributed by atoms with E-state index in [1.807, 2.05) is 36.4 Å². The third-order valence-electron chi connectivity index (χ3n) is 7.13. The first-order valence-electron chi connectivity index (χ1n) is 10.2. The van der Waals surface area contributed by atoms with Crippen LogP contribution in [0.3, 0.4) is 0 Å². The molecule has 2 heterocycles. The van der Waals surface area contributed by atoms with Crippen molar-refractivity contribution in [2.75, 3.05) is 0 Å². The topological polar surface area (TPSA) is 75.3 Å². The monoisotopic (exact) mass is 392 g/mol. The Kier molecular flexibility index (Phi) is 2.71. The summed E-state index contributed by atoms with van der Waals surface area (Å²) in [5, 5.41) is 12.6. The second-order valence-corrected chi connectivity index (χ2v) is 8.53. The summed E-state index contributed by atoms with van der Waals surface area (Å²) < 4.78 is 0. The zero-order valence-corrected chi connectivity index (χ0v) is 16.1. The molecule has 144 valence electrons. The molecular formula is C25H16N2O3. The number of hydrogen-bond acceptors (Lipinski definition) is 3. The van der Waals surface area contributed by atoms with Gasteiger partial charge in [-0.2, -0.15) is 0 Å². The van der Waals surface area contributed by atoms with E-state index in [4.69, 9.17) is 0 Å². The summed E-state index contributed by atoms with van der Waals surface area (Å²) in [6, 6.07) is 11.6. The van der Waals surface area contributed by atoms with Crippen LogP contribution in [0, 0.1) is 0 Å². The van der Waals surface area contributed by atoms with Crippen LogP contribution >= 0.6 is 0 Å². The molecular weight excluding hydrogens is 376 g/mol. The van der Waals surface area contributed by atoms with Gasteiger partial charge in [0.1, 0.15) is 0 Å². The molecule has 0 aromatic heterocycles. The molecule has 2 atom stereocenters. The number of carbonyl (C=O) groups excluding carboxylic acids is 3. The van der Waals surface area contributed by atoms with E-state index in [1.54, 1.807) is 0 Å². The quantitative estimate of drug-likeness (QED) is 0.274. The van der Waals surface area contributed by atoms with Crippen molar-refractivity contribution in [1.29, 1.82) is 0 Å². The lowest BCUT2D eigenvalue weighted by Crippen LogP contribution is -2.43. The van der Waals surface area contributed by atoms with Crippen molar-refractivity contribution < 1.29 is 14.4 Å². The van der Waals surface area contributed by atoms with Crippen LogP contribution in [-0.4, -0.2) is 23.8 Å². The Balaban J connectivity index is 1.78. The molecule has 0 spiro atoms. The van der Waals surface area contributed by atoms with E-state index in [0.717, 1.165) is 55.1 Å². The lowest BCUT2D eigenvalue weighted by molar-refractivity contribution is 0.0843. The predicted molar refractivity (Wildman–Crippen MR) is 115 cm³/mol. The molecule has 3 amide bonds. The Morgan fingerprint density at radius 1 is 0.733 bits per heavy atom. The Bertz CT molecular complexity index is 1580. The normalized spacial score (nSPS) is 21.7. The molecule has 4 aromatic rings. The summed E-state index contributed by atoms with van der Waals surface area (Å²) in [5.74, 6) is -0.472. The number of hydrogen-bond donors (Lipinski definition) is 2. The maximum absolute atomic E-state index is 12.7. The summed E-state index contributed by atoms with van der Waals surface area (Å²) in [6.07, 6.45) is 3.10. The van der Waals surface area contributed by atoms with Gasteiger partial charge in [-0.25, -0.2) is 0 Å². The fraction of sp³-hybridized carbons (Fsp3) is 0.160.